The van der Waals surface area contributed by atoms with Crippen LogP contribution in [0.3, 0.4) is 0 Å². The molecule has 2 aliphatic rings. The van der Waals surface area contributed by atoms with Gasteiger partial charge in [-0.25, -0.2) is 0 Å². The number of allylic oxidation sites excluding steroid dienone is 1. The van der Waals surface area contributed by atoms with Gasteiger partial charge in [0.2, 0.25) is 0 Å². The van der Waals surface area contributed by atoms with E-state index in [2.05, 4.69) is 66.4 Å². The van der Waals surface area contributed by atoms with Crippen LogP contribution in [0.1, 0.15) is 26.7 Å². The van der Waals surface area contributed by atoms with Gasteiger partial charge < -0.3 is 15.1 Å². The van der Waals surface area contributed by atoms with Crippen molar-refractivity contribution in [3.63, 3.8) is 0 Å². The normalized spacial score (nSPS) is 22.2. The Balaban J connectivity index is 1.96. The third-order valence-corrected chi connectivity index (χ3v) is 4.21. The first-order chi connectivity index (χ1) is 9.59. The average Bonchev–Trinajstić information content (AvgIpc) is 2.72. The van der Waals surface area contributed by atoms with E-state index in [4.69, 9.17) is 0 Å². The largest absolute Gasteiger partial charge is 0.387 e. The Morgan fingerprint density at radius 1 is 1.20 bits per heavy atom. The fraction of sp³-hybridized carbons (Fsp3) is 0.412. The van der Waals surface area contributed by atoms with Crippen LogP contribution in [0.15, 0.2) is 48.9 Å². The number of fused-ring (bicyclic) bond motifs is 1. The monoisotopic (exact) mass is 269 g/mol. The molecule has 0 amide bonds. The number of piperidine rings is 1. The van der Waals surface area contributed by atoms with Crippen molar-refractivity contribution < 1.29 is 0 Å². The Labute approximate surface area is 121 Å². The van der Waals surface area contributed by atoms with Gasteiger partial charge >= 0.3 is 0 Å². The smallest absolute Gasteiger partial charge is 0.106 e. The van der Waals surface area contributed by atoms with Crippen LogP contribution in [0, 0.1) is 0 Å². The van der Waals surface area contributed by atoms with Gasteiger partial charge in [0.15, 0.2) is 0 Å². The topological polar surface area (TPSA) is 18.5 Å². The first kappa shape index (κ1) is 13.1. The van der Waals surface area contributed by atoms with Gasteiger partial charge in [0.1, 0.15) is 5.82 Å². The summed E-state index contributed by atoms with van der Waals surface area (Å²) in [5.41, 5.74) is 3.71. The Bertz CT molecular complexity index is 537. The maximum atomic E-state index is 4.35. The maximum Gasteiger partial charge on any atom is 0.106 e. The molecular weight excluding hydrogens is 246 g/mol. The second kappa shape index (κ2) is 4.89. The summed E-state index contributed by atoms with van der Waals surface area (Å²) >= 11 is 0. The number of anilines is 2. The molecule has 1 atom stereocenters. The van der Waals surface area contributed by atoms with E-state index in [0.29, 0.717) is 12.1 Å². The standard InChI is InChI=1S/C17H23N3/c1-12(2)19-14(4)20(15-10-9-13(3)18-11-15)17-8-6-5-7-16(17)19/h5-8,12,15,18H,3-4,9-11H2,1-2H3. The van der Waals surface area contributed by atoms with Gasteiger partial charge in [-0.1, -0.05) is 25.3 Å². The van der Waals surface area contributed by atoms with Crippen LogP contribution in [0.2, 0.25) is 0 Å². The highest BCUT2D eigenvalue weighted by Gasteiger charge is 2.36. The molecule has 106 valence electrons. The van der Waals surface area contributed by atoms with Crippen molar-refractivity contribution in [1.82, 2.24) is 5.32 Å². The molecule has 1 saturated heterocycles. The first-order valence-electron chi connectivity index (χ1n) is 7.37. The number of nitrogens with one attached hydrogen (secondary N) is 1. The third-order valence-electron chi connectivity index (χ3n) is 4.21. The third kappa shape index (κ3) is 1.98. The van der Waals surface area contributed by atoms with Crippen LogP contribution in [0.5, 0.6) is 0 Å². The van der Waals surface area contributed by atoms with E-state index in [1.54, 1.807) is 0 Å². The molecule has 3 nitrogen and oxygen atoms in total. The van der Waals surface area contributed by atoms with Crippen molar-refractivity contribution in [3.8, 4) is 0 Å². The SMILES string of the molecule is C=C1CCC(N2C(=C)N(C(C)C)c3ccccc32)CN1. The molecule has 0 spiro atoms. The molecule has 0 aromatic heterocycles. The van der Waals surface area contributed by atoms with Crippen molar-refractivity contribution in [2.75, 3.05) is 16.3 Å². The Kier molecular flexibility index (Phi) is 3.20. The summed E-state index contributed by atoms with van der Waals surface area (Å²) in [4.78, 5) is 4.73. The number of nitrogens with zero attached hydrogens (tertiary/aromatic N) is 2. The van der Waals surface area contributed by atoms with Crippen LogP contribution in [0.4, 0.5) is 11.4 Å². The second-order valence-electron chi connectivity index (χ2n) is 5.92. The summed E-state index contributed by atoms with van der Waals surface area (Å²) in [6.45, 7) is 13.7. The van der Waals surface area contributed by atoms with Crippen molar-refractivity contribution in [3.05, 3.63) is 48.9 Å². The summed E-state index contributed by atoms with van der Waals surface area (Å²) < 4.78 is 0. The fourth-order valence-corrected chi connectivity index (χ4v) is 3.26. The zero-order chi connectivity index (χ0) is 14.3. The number of hydrogen-bond acceptors (Lipinski definition) is 3. The van der Waals surface area contributed by atoms with Gasteiger partial charge in [0.05, 0.1) is 17.4 Å². The van der Waals surface area contributed by atoms with Crippen LogP contribution in [0.25, 0.3) is 0 Å². The predicted molar refractivity (Wildman–Crippen MR) is 85.8 cm³/mol. The van der Waals surface area contributed by atoms with Crippen molar-refractivity contribution in [1.29, 1.82) is 0 Å². The molecule has 0 saturated carbocycles. The van der Waals surface area contributed by atoms with E-state index in [-0.39, 0.29) is 0 Å². The molecule has 3 rings (SSSR count). The van der Waals surface area contributed by atoms with Crippen molar-refractivity contribution in [2.24, 2.45) is 0 Å². The second-order valence-corrected chi connectivity index (χ2v) is 5.92. The van der Waals surface area contributed by atoms with Crippen molar-refractivity contribution in [2.45, 2.75) is 38.8 Å². The summed E-state index contributed by atoms with van der Waals surface area (Å²) in [6.07, 6.45) is 2.17. The quantitative estimate of drug-likeness (QED) is 0.887. The van der Waals surface area contributed by atoms with E-state index < -0.39 is 0 Å². The minimum Gasteiger partial charge on any atom is -0.387 e. The van der Waals surface area contributed by atoms with Gasteiger partial charge in [-0.15, -0.1) is 0 Å². The molecule has 0 radical (unpaired) electrons. The Morgan fingerprint density at radius 3 is 2.50 bits per heavy atom. The summed E-state index contributed by atoms with van der Waals surface area (Å²) in [7, 11) is 0. The highest BCUT2D eigenvalue weighted by atomic mass is 15.4. The van der Waals surface area contributed by atoms with E-state index in [1.165, 1.54) is 11.4 Å². The predicted octanol–water partition coefficient (Wildman–Crippen LogP) is 3.46. The number of para-hydroxylation sites is 2. The molecule has 1 N–H and O–H groups in total. The molecule has 2 heterocycles. The minimum absolute atomic E-state index is 0.417. The number of hydrogen-bond donors (Lipinski definition) is 1. The van der Waals surface area contributed by atoms with Crippen LogP contribution in [-0.2, 0) is 0 Å². The highest BCUT2D eigenvalue weighted by Crippen LogP contribution is 2.44. The van der Waals surface area contributed by atoms with Crippen LogP contribution in [-0.4, -0.2) is 18.6 Å². The average molecular weight is 269 g/mol. The zero-order valence-electron chi connectivity index (χ0n) is 12.4. The van der Waals surface area contributed by atoms with E-state index >= 15 is 0 Å². The lowest BCUT2D eigenvalue weighted by atomic mass is 10.0. The molecule has 1 unspecified atom stereocenters. The molecule has 1 aromatic carbocycles. The van der Waals surface area contributed by atoms with E-state index in [9.17, 15) is 0 Å². The molecule has 0 bridgehead atoms. The molecule has 2 aliphatic heterocycles. The van der Waals surface area contributed by atoms with Gasteiger partial charge in [0.25, 0.3) is 0 Å². The summed E-state index contributed by atoms with van der Waals surface area (Å²) in [5.74, 6) is 1.10. The van der Waals surface area contributed by atoms with Gasteiger partial charge in [-0.05, 0) is 38.8 Å². The Morgan fingerprint density at radius 2 is 1.90 bits per heavy atom. The zero-order valence-corrected chi connectivity index (χ0v) is 12.4. The molecular formula is C17H23N3. The van der Waals surface area contributed by atoms with E-state index in [1.807, 2.05) is 0 Å². The molecule has 1 aromatic rings. The van der Waals surface area contributed by atoms with Gasteiger partial charge in [-0.3, -0.25) is 0 Å². The van der Waals surface area contributed by atoms with E-state index in [0.717, 1.165) is 30.9 Å². The molecule has 20 heavy (non-hydrogen) atoms. The minimum atomic E-state index is 0.417. The van der Waals surface area contributed by atoms with Crippen molar-refractivity contribution >= 4 is 11.4 Å². The van der Waals surface area contributed by atoms with Gasteiger partial charge in [-0.2, -0.15) is 0 Å². The molecule has 3 heteroatoms. The highest BCUT2D eigenvalue weighted by molar-refractivity contribution is 5.83. The lowest BCUT2D eigenvalue weighted by Gasteiger charge is -2.36. The van der Waals surface area contributed by atoms with Crippen LogP contribution >= 0.6 is 0 Å². The number of rotatable bonds is 2. The van der Waals surface area contributed by atoms with Gasteiger partial charge in [0, 0.05) is 18.3 Å². The number of benzene rings is 1. The molecule has 0 aliphatic carbocycles. The lowest BCUT2D eigenvalue weighted by molar-refractivity contribution is 0.494. The molecule has 1 fully saturated rings. The summed E-state index contributed by atoms with van der Waals surface area (Å²) in [5, 5.41) is 3.41. The first-order valence-corrected chi connectivity index (χ1v) is 7.37. The van der Waals surface area contributed by atoms with Crippen LogP contribution < -0.4 is 15.1 Å². The lowest BCUT2D eigenvalue weighted by Crippen LogP contribution is -2.45. The Hall–Kier alpha value is -1.90. The summed E-state index contributed by atoms with van der Waals surface area (Å²) in [6, 6.07) is 9.48. The fourth-order valence-electron chi connectivity index (χ4n) is 3.26. The maximum absolute atomic E-state index is 4.35.